The molecule has 0 aliphatic carbocycles. The minimum atomic E-state index is 0.0140. The van der Waals surface area contributed by atoms with Crippen LogP contribution >= 0.6 is 0 Å². The quantitative estimate of drug-likeness (QED) is 0.448. The summed E-state index contributed by atoms with van der Waals surface area (Å²) in [6.45, 7) is 1.57. The van der Waals surface area contributed by atoms with Crippen LogP contribution in [0.3, 0.4) is 0 Å². The molecular formula is C17H12N2O. The minimum absolute atomic E-state index is 0.0140. The summed E-state index contributed by atoms with van der Waals surface area (Å²) in [5, 5.41) is 3.24. The third-order valence-corrected chi connectivity index (χ3v) is 3.69. The Morgan fingerprint density at radius 3 is 2.75 bits per heavy atom. The van der Waals surface area contributed by atoms with Gasteiger partial charge in [0, 0.05) is 29.3 Å². The Labute approximate surface area is 115 Å². The van der Waals surface area contributed by atoms with Gasteiger partial charge >= 0.3 is 0 Å². The number of pyridine rings is 1. The second-order valence-corrected chi connectivity index (χ2v) is 4.96. The lowest BCUT2D eigenvalue weighted by atomic mass is 10.1. The highest BCUT2D eigenvalue weighted by Gasteiger charge is 2.09. The summed E-state index contributed by atoms with van der Waals surface area (Å²) >= 11 is 0. The van der Waals surface area contributed by atoms with Crippen LogP contribution in [0, 0.1) is 0 Å². The van der Waals surface area contributed by atoms with E-state index in [4.69, 9.17) is 4.98 Å². The van der Waals surface area contributed by atoms with Crippen LogP contribution in [-0.2, 0) is 0 Å². The molecule has 96 valence electrons. The number of aromatic nitrogens is 2. The number of nitrogens with zero attached hydrogens (tertiary/aromatic N) is 2. The molecule has 3 nitrogen and oxygen atoms in total. The molecule has 0 spiro atoms. The molecule has 0 aliphatic heterocycles. The van der Waals surface area contributed by atoms with Gasteiger partial charge in [-0.25, -0.2) is 4.98 Å². The van der Waals surface area contributed by atoms with Crippen molar-refractivity contribution in [3.63, 3.8) is 0 Å². The van der Waals surface area contributed by atoms with Crippen molar-refractivity contribution >= 4 is 38.6 Å². The first kappa shape index (κ1) is 11.2. The van der Waals surface area contributed by atoms with Gasteiger partial charge in [-0.3, -0.25) is 9.36 Å². The topological polar surface area (TPSA) is 34.9 Å². The number of fused-ring (bicyclic) bond motifs is 4. The van der Waals surface area contributed by atoms with Crippen molar-refractivity contribution in [1.82, 2.24) is 9.55 Å². The predicted octanol–water partition coefficient (Wildman–Crippen LogP) is 4.00. The van der Waals surface area contributed by atoms with Gasteiger partial charge in [0.1, 0.15) is 0 Å². The maximum absolute atomic E-state index is 11.6. The number of hydrogen-bond donors (Lipinski definition) is 0. The second kappa shape index (κ2) is 3.90. The van der Waals surface area contributed by atoms with E-state index in [1.54, 1.807) is 11.5 Å². The van der Waals surface area contributed by atoms with Gasteiger partial charge in [0.15, 0.2) is 0 Å². The molecule has 0 saturated heterocycles. The van der Waals surface area contributed by atoms with Crippen molar-refractivity contribution in [2.24, 2.45) is 0 Å². The van der Waals surface area contributed by atoms with Crippen molar-refractivity contribution in [2.45, 2.75) is 6.92 Å². The highest BCUT2D eigenvalue weighted by atomic mass is 16.1. The summed E-state index contributed by atoms with van der Waals surface area (Å²) in [6, 6.07) is 16.2. The monoisotopic (exact) mass is 260 g/mol. The molecular weight excluding hydrogens is 248 g/mol. The van der Waals surface area contributed by atoms with E-state index in [2.05, 4.69) is 12.1 Å². The zero-order chi connectivity index (χ0) is 13.7. The fraction of sp³-hybridized carbons (Fsp3) is 0.0588. The van der Waals surface area contributed by atoms with E-state index in [9.17, 15) is 4.79 Å². The summed E-state index contributed by atoms with van der Waals surface area (Å²) in [5.74, 6) is 0.0140. The zero-order valence-electron chi connectivity index (χ0n) is 11.0. The first-order chi connectivity index (χ1) is 9.74. The Balaban J connectivity index is 2.18. The van der Waals surface area contributed by atoms with Gasteiger partial charge in [0.25, 0.3) is 0 Å². The van der Waals surface area contributed by atoms with E-state index < -0.39 is 0 Å². The van der Waals surface area contributed by atoms with Crippen molar-refractivity contribution < 1.29 is 4.79 Å². The van der Waals surface area contributed by atoms with Crippen LogP contribution in [0.25, 0.3) is 32.7 Å². The molecule has 0 fully saturated rings. The molecule has 2 aromatic carbocycles. The molecule has 0 saturated carbocycles. The number of carbonyl (C=O) groups is 1. The highest BCUT2D eigenvalue weighted by Crippen LogP contribution is 2.27. The average molecular weight is 260 g/mol. The lowest BCUT2D eigenvalue weighted by Crippen LogP contribution is -2.02. The van der Waals surface area contributed by atoms with Gasteiger partial charge in [-0.15, -0.1) is 0 Å². The lowest BCUT2D eigenvalue weighted by molar-refractivity contribution is 0.0941. The van der Waals surface area contributed by atoms with Gasteiger partial charge in [-0.05, 0) is 24.3 Å². The van der Waals surface area contributed by atoms with Gasteiger partial charge in [0.2, 0.25) is 5.91 Å². The van der Waals surface area contributed by atoms with Crippen LogP contribution in [0.4, 0.5) is 0 Å². The van der Waals surface area contributed by atoms with Crippen LogP contribution in [0.15, 0.2) is 54.7 Å². The Morgan fingerprint density at radius 2 is 1.90 bits per heavy atom. The van der Waals surface area contributed by atoms with E-state index >= 15 is 0 Å². The number of hydrogen-bond acceptors (Lipinski definition) is 2. The first-order valence-electron chi connectivity index (χ1n) is 6.54. The summed E-state index contributed by atoms with van der Waals surface area (Å²) < 4.78 is 1.66. The predicted molar refractivity (Wildman–Crippen MR) is 81.0 cm³/mol. The van der Waals surface area contributed by atoms with Crippen LogP contribution in [-0.4, -0.2) is 15.5 Å². The summed E-state index contributed by atoms with van der Waals surface area (Å²) in [6.07, 6.45) is 1.81. The molecule has 4 rings (SSSR count). The van der Waals surface area contributed by atoms with Gasteiger partial charge < -0.3 is 0 Å². The van der Waals surface area contributed by atoms with Crippen LogP contribution < -0.4 is 0 Å². The average Bonchev–Trinajstić information content (AvgIpc) is 2.89. The minimum Gasteiger partial charge on any atom is -0.287 e. The zero-order valence-corrected chi connectivity index (χ0v) is 11.0. The second-order valence-electron chi connectivity index (χ2n) is 4.96. The molecule has 0 N–H and O–H groups in total. The Bertz CT molecular complexity index is 982. The molecule has 0 unspecified atom stereocenters. The normalized spacial score (nSPS) is 11.4. The number of para-hydroxylation sites is 1. The van der Waals surface area contributed by atoms with E-state index in [1.807, 2.05) is 42.6 Å². The van der Waals surface area contributed by atoms with Crippen molar-refractivity contribution in [2.75, 3.05) is 0 Å². The third kappa shape index (κ3) is 1.46. The summed E-state index contributed by atoms with van der Waals surface area (Å²) in [5.41, 5.74) is 2.83. The van der Waals surface area contributed by atoms with Crippen LogP contribution in [0.5, 0.6) is 0 Å². The summed E-state index contributed by atoms with van der Waals surface area (Å²) in [4.78, 5) is 16.4. The van der Waals surface area contributed by atoms with Gasteiger partial charge in [0.05, 0.1) is 16.6 Å². The largest absolute Gasteiger partial charge is 0.287 e. The molecule has 0 aliphatic rings. The number of carbonyl (C=O) groups excluding carboxylic acids is 1. The maximum atomic E-state index is 11.6. The van der Waals surface area contributed by atoms with E-state index in [0.29, 0.717) is 0 Å². The molecule has 4 aromatic rings. The van der Waals surface area contributed by atoms with E-state index in [-0.39, 0.29) is 5.91 Å². The smallest absolute Gasteiger partial charge is 0.227 e. The van der Waals surface area contributed by atoms with Crippen molar-refractivity contribution in [3.05, 3.63) is 54.7 Å². The van der Waals surface area contributed by atoms with Crippen LogP contribution in [0.1, 0.15) is 11.7 Å². The Hall–Kier alpha value is -2.68. The lowest BCUT2D eigenvalue weighted by Gasteiger charge is -2.04. The Morgan fingerprint density at radius 1 is 1.05 bits per heavy atom. The molecule has 2 heterocycles. The molecule has 0 amide bonds. The van der Waals surface area contributed by atoms with E-state index in [1.165, 1.54) is 0 Å². The number of benzene rings is 2. The van der Waals surface area contributed by atoms with Crippen molar-refractivity contribution in [3.8, 4) is 0 Å². The fourth-order valence-corrected chi connectivity index (χ4v) is 2.73. The molecule has 0 atom stereocenters. The maximum Gasteiger partial charge on any atom is 0.227 e. The highest BCUT2D eigenvalue weighted by molar-refractivity contribution is 6.09. The van der Waals surface area contributed by atoms with Crippen molar-refractivity contribution in [1.29, 1.82) is 0 Å². The first-order valence-corrected chi connectivity index (χ1v) is 6.54. The molecule has 20 heavy (non-hydrogen) atoms. The van der Waals surface area contributed by atoms with E-state index in [0.717, 1.165) is 32.7 Å². The third-order valence-electron chi connectivity index (χ3n) is 3.69. The Kier molecular flexibility index (Phi) is 2.18. The fourth-order valence-electron chi connectivity index (χ4n) is 2.73. The molecule has 3 heteroatoms. The van der Waals surface area contributed by atoms with Crippen LogP contribution in [0.2, 0.25) is 0 Å². The summed E-state index contributed by atoms with van der Waals surface area (Å²) in [7, 11) is 0. The SMILES string of the molecule is CC(=O)n1ccc2c3nc4ccccc4cc3ccc21. The number of rotatable bonds is 0. The molecule has 2 aromatic heterocycles. The molecule has 0 bridgehead atoms. The standard InChI is InChI=1S/C17H12N2O/c1-11(20)19-9-8-14-16(19)7-6-13-10-12-4-2-3-5-15(12)18-17(13)14/h2-10H,1H3. The van der Waals surface area contributed by atoms with Gasteiger partial charge in [-0.1, -0.05) is 24.3 Å². The molecule has 0 radical (unpaired) electrons. The van der Waals surface area contributed by atoms with Gasteiger partial charge in [-0.2, -0.15) is 0 Å².